The molecular weight excluding hydrogens is 266 g/mol. The molecule has 3 rings (SSSR count). The van der Waals surface area contributed by atoms with Crippen LogP contribution < -0.4 is 10.9 Å². The Morgan fingerprint density at radius 3 is 2.90 bits per heavy atom. The zero-order chi connectivity index (χ0) is 14.8. The van der Waals surface area contributed by atoms with Gasteiger partial charge in [-0.1, -0.05) is 6.42 Å². The quantitative estimate of drug-likeness (QED) is 0.760. The maximum absolute atomic E-state index is 12.7. The number of H-pyrrole nitrogens is 1. The Morgan fingerprint density at radius 1 is 1.29 bits per heavy atom. The van der Waals surface area contributed by atoms with E-state index in [-0.39, 0.29) is 17.5 Å². The Labute approximate surface area is 124 Å². The maximum atomic E-state index is 12.7. The molecule has 21 heavy (non-hydrogen) atoms. The van der Waals surface area contributed by atoms with Gasteiger partial charge in [0.15, 0.2) is 0 Å². The summed E-state index contributed by atoms with van der Waals surface area (Å²) in [5.41, 5.74) is 2.26. The van der Waals surface area contributed by atoms with Gasteiger partial charge in [0.2, 0.25) is 0 Å². The summed E-state index contributed by atoms with van der Waals surface area (Å²) >= 11 is 0. The van der Waals surface area contributed by atoms with Gasteiger partial charge in [-0.25, -0.2) is 0 Å². The summed E-state index contributed by atoms with van der Waals surface area (Å²) in [5.74, 6) is -0.128. The van der Waals surface area contributed by atoms with Crippen LogP contribution in [0.3, 0.4) is 0 Å². The standard InChI is InChI=1S/C16H23N3O2/c1-11-10-17-7-8-19(11)16(21)13-9-12-5-3-2-4-6-14(12)18-15(13)20/h9,11,17H,2-8,10H2,1H3,(H,18,20)/t11-/m0/s1. The summed E-state index contributed by atoms with van der Waals surface area (Å²) in [6.45, 7) is 4.26. The fourth-order valence-corrected chi connectivity index (χ4v) is 3.31. The molecule has 0 radical (unpaired) electrons. The number of hydrogen-bond acceptors (Lipinski definition) is 3. The monoisotopic (exact) mass is 289 g/mol. The van der Waals surface area contributed by atoms with Crippen LogP contribution in [-0.2, 0) is 12.8 Å². The van der Waals surface area contributed by atoms with Crippen molar-refractivity contribution >= 4 is 5.91 Å². The average Bonchev–Trinajstić information content (AvgIpc) is 2.71. The topological polar surface area (TPSA) is 65.2 Å². The lowest BCUT2D eigenvalue weighted by atomic mass is 10.0. The Balaban J connectivity index is 1.92. The van der Waals surface area contributed by atoms with Gasteiger partial charge in [-0.2, -0.15) is 0 Å². The molecule has 1 aliphatic carbocycles. The Morgan fingerprint density at radius 2 is 2.10 bits per heavy atom. The minimum Gasteiger partial charge on any atom is -0.333 e. The van der Waals surface area contributed by atoms with Gasteiger partial charge in [0.25, 0.3) is 11.5 Å². The highest BCUT2D eigenvalue weighted by Gasteiger charge is 2.26. The number of piperazine rings is 1. The molecule has 1 aromatic heterocycles. The number of carbonyl (C=O) groups is 1. The predicted octanol–water partition coefficient (Wildman–Crippen LogP) is 1.08. The zero-order valence-corrected chi connectivity index (χ0v) is 12.6. The van der Waals surface area contributed by atoms with E-state index >= 15 is 0 Å². The fourth-order valence-electron chi connectivity index (χ4n) is 3.31. The third-order valence-corrected chi connectivity index (χ3v) is 4.58. The number of aromatic nitrogens is 1. The van der Waals surface area contributed by atoms with E-state index in [1.54, 1.807) is 0 Å². The van der Waals surface area contributed by atoms with Crippen LogP contribution >= 0.6 is 0 Å². The van der Waals surface area contributed by atoms with E-state index in [9.17, 15) is 9.59 Å². The highest BCUT2D eigenvalue weighted by Crippen LogP contribution is 2.19. The summed E-state index contributed by atoms with van der Waals surface area (Å²) < 4.78 is 0. The molecule has 1 saturated heterocycles. The molecule has 0 aromatic carbocycles. The van der Waals surface area contributed by atoms with Crippen LogP contribution in [0.4, 0.5) is 0 Å². The molecule has 0 unspecified atom stereocenters. The molecule has 0 spiro atoms. The van der Waals surface area contributed by atoms with Gasteiger partial charge in [-0.05, 0) is 44.2 Å². The van der Waals surface area contributed by atoms with E-state index in [4.69, 9.17) is 0 Å². The van der Waals surface area contributed by atoms with Gasteiger partial charge in [0, 0.05) is 31.4 Å². The van der Waals surface area contributed by atoms with Crippen molar-refractivity contribution in [3.63, 3.8) is 0 Å². The first-order valence-electron chi connectivity index (χ1n) is 7.93. The molecule has 0 bridgehead atoms. The number of amides is 1. The number of carbonyl (C=O) groups excluding carboxylic acids is 1. The van der Waals surface area contributed by atoms with Crippen LogP contribution in [-0.4, -0.2) is 41.5 Å². The molecule has 0 saturated carbocycles. The lowest BCUT2D eigenvalue weighted by Crippen LogP contribution is -2.53. The Kier molecular flexibility index (Phi) is 4.10. The molecule has 1 amide bonds. The second kappa shape index (κ2) is 6.02. The van der Waals surface area contributed by atoms with E-state index in [1.807, 2.05) is 17.9 Å². The second-order valence-electron chi connectivity index (χ2n) is 6.13. The number of rotatable bonds is 1. The number of aromatic amines is 1. The average molecular weight is 289 g/mol. The number of nitrogens with one attached hydrogen (secondary N) is 2. The number of fused-ring (bicyclic) bond motifs is 1. The van der Waals surface area contributed by atoms with Crippen LogP contribution in [0.1, 0.15) is 47.8 Å². The molecule has 1 atom stereocenters. The van der Waals surface area contributed by atoms with Crippen molar-refractivity contribution in [2.75, 3.05) is 19.6 Å². The first-order valence-corrected chi connectivity index (χ1v) is 7.93. The van der Waals surface area contributed by atoms with Crippen molar-refractivity contribution in [2.45, 2.75) is 45.1 Å². The van der Waals surface area contributed by atoms with Gasteiger partial charge in [-0.3, -0.25) is 9.59 Å². The molecule has 2 heterocycles. The van der Waals surface area contributed by atoms with Crippen LogP contribution in [0.15, 0.2) is 10.9 Å². The second-order valence-corrected chi connectivity index (χ2v) is 6.13. The van der Waals surface area contributed by atoms with Gasteiger partial charge in [0.05, 0.1) is 0 Å². The molecule has 2 N–H and O–H groups in total. The minimum atomic E-state index is -0.230. The van der Waals surface area contributed by atoms with Crippen molar-refractivity contribution < 1.29 is 4.79 Å². The summed E-state index contributed by atoms with van der Waals surface area (Å²) in [6.07, 6.45) is 5.32. The third-order valence-electron chi connectivity index (χ3n) is 4.58. The van der Waals surface area contributed by atoms with E-state index in [0.29, 0.717) is 12.1 Å². The highest BCUT2D eigenvalue weighted by atomic mass is 16.2. The molecule has 1 fully saturated rings. The van der Waals surface area contributed by atoms with E-state index in [0.717, 1.165) is 50.0 Å². The van der Waals surface area contributed by atoms with Gasteiger partial charge in [-0.15, -0.1) is 0 Å². The van der Waals surface area contributed by atoms with Gasteiger partial charge < -0.3 is 15.2 Å². The van der Waals surface area contributed by atoms with Gasteiger partial charge >= 0.3 is 0 Å². The SMILES string of the molecule is C[C@H]1CNCCN1C(=O)c1cc2c([nH]c1=O)CCCCC2. The molecule has 2 aliphatic rings. The molecular formula is C16H23N3O2. The number of pyridine rings is 1. The number of hydrogen-bond donors (Lipinski definition) is 2. The molecule has 5 nitrogen and oxygen atoms in total. The highest BCUT2D eigenvalue weighted by molar-refractivity contribution is 5.94. The first kappa shape index (κ1) is 14.3. The van der Waals surface area contributed by atoms with Crippen LogP contribution in [0, 0.1) is 0 Å². The third kappa shape index (κ3) is 2.88. The smallest absolute Gasteiger partial charge is 0.261 e. The summed E-state index contributed by atoms with van der Waals surface area (Å²) in [7, 11) is 0. The molecule has 1 aliphatic heterocycles. The summed E-state index contributed by atoms with van der Waals surface area (Å²) in [6, 6.07) is 1.97. The largest absolute Gasteiger partial charge is 0.333 e. The molecule has 114 valence electrons. The lowest BCUT2D eigenvalue weighted by molar-refractivity contribution is 0.0653. The van der Waals surface area contributed by atoms with E-state index in [1.165, 1.54) is 6.42 Å². The fraction of sp³-hybridized carbons (Fsp3) is 0.625. The van der Waals surface area contributed by atoms with Crippen LogP contribution in [0.2, 0.25) is 0 Å². The van der Waals surface area contributed by atoms with Crippen molar-refractivity contribution in [3.05, 3.63) is 33.2 Å². The lowest BCUT2D eigenvalue weighted by Gasteiger charge is -2.33. The Hall–Kier alpha value is -1.62. The number of nitrogens with zero attached hydrogens (tertiary/aromatic N) is 1. The van der Waals surface area contributed by atoms with Crippen molar-refractivity contribution in [1.29, 1.82) is 0 Å². The maximum Gasteiger partial charge on any atom is 0.261 e. The summed E-state index contributed by atoms with van der Waals surface area (Å²) in [5, 5.41) is 3.26. The van der Waals surface area contributed by atoms with Crippen LogP contribution in [0.25, 0.3) is 0 Å². The minimum absolute atomic E-state index is 0.128. The molecule has 5 heteroatoms. The van der Waals surface area contributed by atoms with E-state index in [2.05, 4.69) is 10.3 Å². The van der Waals surface area contributed by atoms with Crippen molar-refractivity contribution in [2.24, 2.45) is 0 Å². The Bertz CT molecular complexity index is 594. The predicted molar refractivity (Wildman–Crippen MR) is 81.7 cm³/mol. The number of aryl methyl sites for hydroxylation is 2. The normalized spacial score (nSPS) is 22.5. The molecule has 1 aromatic rings. The summed E-state index contributed by atoms with van der Waals surface area (Å²) in [4.78, 5) is 29.7. The zero-order valence-electron chi connectivity index (χ0n) is 12.6. The first-order chi connectivity index (χ1) is 10.2. The van der Waals surface area contributed by atoms with Crippen molar-refractivity contribution in [1.82, 2.24) is 15.2 Å². The van der Waals surface area contributed by atoms with Crippen molar-refractivity contribution in [3.8, 4) is 0 Å². The van der Waals surface area contributed by atoms with Crippen LogP contribution in [0.5, 0.6) is 0 Å². The van der Waals surface area contributed by atoms with E-state index < -0.39 is 0 Å². The van der Waals surface area contributed by atoms with Gasteiger partial charge in [0.1, 0.15) is 5.56 Å².